The Morgan fingerprint density at radius 2 is 2.04 bits per heavy atom. The van der Waals surface area contributed by atoms with Gasteiger partial charge in [-0.15, -0.1) is 0 Å². The summed E-state index contributed by atoms with van der Waals surface area (Å²) < 4.78 is 5.08. The minimum Gasteiger partial charge on any atom is -0.479 e. The van der Waals surface area contributed by atoms with Gasteiger partial charge in [0.1, 0.15) is 6.54 Å². The maximum Gasteiger partial charge on any atom is 0.332 e. The van der Waals surface area contributed by atoms with E-state index < -0.39 is 11.5 Å². The Morgan fingerprint density at radius 3 is 2.76 bits per heavy atom. The number of benzene rings is 1. The van der Waals surface area contributed by atoms with Crippen LogP contribution in [0.3, 0.4) is 0 Å². The standard InChI is InChI=1S/C18H22N2O5/c1-25-12-18(17(23)24)9-4-10-20(18)16(22)11-19-14-6-3-2-5-13(14)7-8-15(19)21/h2-3,5-6H,4,7-12H2,1H3,(H,23,24). The lowest BCUT2D eigenvalue weighted by Crippen LogP contribution is -2.58. The first-order valence-corrected chi connectivity index (χ1v) is 8.40. The molecular weight excluding hydrogens is 324 g/mol. The molecule has 7 heteroatoms. The van der Waals surface area contributed by atoms with Crippen LogP contribution < -0.4 is 4.90 Å². The van der Waals surface area contributed by atoms with Crippen molar-refractivity contribution in [2.24, 2.45) is 0 Å². The van der Waals surface area contributed by atoms with Crippen LogP contribution in [0.25, 0.3) is 0 Å². The molecular formula is C18H22N2O5. The highest BCUT2D eigenvalue weighted by molar-refractivity contribution is 6.02. The molecule has 0 radical (unpaired) electrons. The summed E-state index contributed by atoms with van der Waals surface area (Å²) in [6.07, 6.45) is 1.97. The maximum atomic E-state index is 12.9. The molecule has 2 aliphatic heterocycles. The van der Waals surface area contributed by atoms with Gasteiger partial charge in [0.2, 0.25) is 11.8 Å². The van der Waals surface area contributed by atoms with Crippen LogP contribution in [0.4, 0.5) is 5.69 Å². The number of carboxylic acid groups (broad SMARTS) is 1. The summed E-state index contributed by atoms with van der Waals surface area (Å²) in [5.74, 6) is -1.54. The van der Waals surface area contributed by atoms with Crippen LogP contribution in [0.1, 0.15) is 24.8 Å². The van der Waals surface area contributed by atoms with Crippen LogP contribution in [0, 0.1) is 0 Å². The normalized spacial score (nSPS) is 22.8. The molecule has 1 fully saturated rings. The fourth-order valence-electron chi connectivity index (χ4n) is 3.81. The van der Waals surface area contributed by atoms with Crippen molar-refractivity contribution in [3.63, 3.8) is 0 Å². The van der Waals surface area contributed by atoms with Gasteiger partial charge in [0.15, 0.2) is 5.54 Å². The van der Waals surface area contributed by atoms with Crippen molar-refractivity contribution in [3.05, 3.63) is 29.8 Å². The minimum absolute atomic E-state index is 0.0569. The Bertz CT molecular complexity index is 704. The number of rotatable bonds is 5. The molecule has 3 rings (SSSR count). The molecule has 0 aromatic heterocycles. The number of hydrogen-bond donors (Lipinski definition) is 1. The van der Waals surface area contributed by atoms with Crippen molar-refractivity contribution >= 4 is 23.5 Å². The van der Waals surface area contributed by atoms with Gasteiger partial charge in [-0.25, -0.2) is 4.79 Å². The van der Waals surface area contributed by atoms with Gasteiger partial charge in [-0.1, -0.05) is 18.2 Å². The van der Waals surface area contributed by atoms with Gasteiger partial charge in [-0.2, -0.15) is 0 Å². The highest BCUT2D eigenvalue weighted by Crippen LogP contribution is 2.32. The van der Waals surface area contributed by atoms with Crippen molar-refractivity contribution in [1.29, 1.82) is 0 Å². The molecule has 1 N–H and O–H groups in total. The van der Waals surface area contributed by atoms with Gasteiger partial charge in [0, 0.05) is 25.8 Å². The number of ether oxygens (including phenoxy) is 1. The number of aryl methyl sites for hydroxylation is 1. The van der Waals surface area contributed by atoms with E-state index in [-0.39, 0.29) is 25.0 Å². The summed E-state index contributed by atoms with van der Waals surface area (Å²) in [7, 11) is 1.43. The van der Waals surface area contributed by atoms with Gasteiger partial charge in [-0.3, -0.25) is 9.59 Å². The highest BCUT2D eigenvalue weighted by Gasteiger charge is 2.50. The van der Waals surface area contributed by atoms with Crippen molar-refractivity contribution < 1.29 is 24.2 Å². The van der Waals surface area contributed by atoms with E-state index in [1.807, 2.05) is 24.3 Å². The number of anilines is 1. The second-order valence-electron chi connectivity index (χ2n) is 6.53. The zero-order valence-electron chi connectivity index (χ0n) is 14.2. The number of carbonyl (C=O) groups excluding carboxylic acids is 2. The zero-order chi connectivity index (χ0) is 18.0. The monoisotopic (exact) mass is 346 g/mol. The number of methoxy groups -OCH3 is 1. The van der Waals surface area contributed by atoms with Gasteiger partial charge in [0.25, 0.3) is 0 Å². The van der Waals surface area contributed by atoms with E-state index in [1.54, 1.807) is 0 Å². The second-order valence-corrected chi connectivity index (χ2v) is 6.53. The van der Waals surface area contributed by atoms with E-state index in [9.17, 15) is 19.5 Å². The Morgan fingerprint density at radius 1 is 1.28 bits per heavy atom. The molecule has 1 aromatic carbocycles. The van der Waals surface area contributed by atoms with E-state index >= 15 is 0 Å². The fraction of sp³-hybridized carbons (Fsp3) is 0.500. The Labute approximate surface area is 146 Å². The van der Waals surface area contributed by atoms with Crippen LogP contribution in [-0.4, -0.2) is 60.1 Å². The number of para-hydroxylation sites is 1. The summed E-state index contributed by atoms with van der Waals surface area (Å²) in [4.78, 5) is 39.9. The lowest BCUT2D eigenvalue weighted by Gasteiger charge is -2.36. The number of nitrogens with zero attached hydrogens (tertiary/aromatic N) is 2. The quantitative estimate of drug-likeness (QED) is 0.861. The van der Waals surface area contributed by atoms with Crippen molar-refractivity contribution in [2.75, 3.05) is 31.7 Å². The number of aliphatic carboxylic acids is 1. The van der Waals surface area contributed by atoms with E-state index in [2.05, 4.69) is 0 Å². The predicted molar refractivity (Wildman–Crippen MR) is 90.3 cm³/mol. The third-order valence-electron chi connectivity index (χ3n) is 5.06. The Kier molecular flexibility index (Phi) is 4.76. The number of amides is 2. The molecule has 25 heavy (non-hydrogen) atoms. The zero-order valence-corrected chi connectivity index (χ0v) is 14.2. The molecule has 1 atom stereocenters. The molecule has 7 nitrogen and oxygen atoms in total. The summed E-state index contributed by atoms with van der Waals surface area (Å²) in [5.41, 5.74) is 0.418. The predicted octanol–water partition coefficient (Wildman–Crippen LogP) is 1.06. The summed E-state index contributed by atoms with van der Waals surface area (Å²) in [6.45, 7) is 0.158. The molecule has 134 valence electrons. The molecule has 0 spiro atoms. The van der Waals surface area contributed by atoms with Gasteiger partial charge in [-0.05, 0) is 30.9 Å². The van der Waals surface area contributed by atoms with E-state index in [0.717, 1.165) is 11.3 Å². The molecule has 0 saturated carbocycles. The number of hydrogen-bond acceptors (Lipinski definition) is 4. The first kappa shape index (κ1) is 17.4. The molecule has 2 aliphatic rings. The van der Waals surface area contributed by atoms with Gasteiger partial charge < -0.3 is 19.6 Å². The van der Waals surface area contributed by atoms with E-state index in [4.69, 9.17) is 4.74 Å². The third-order valence-corrected chi connectivity index (χ3v) is 5.06. The first-order valence-electron chi connectivity index (χ1n) is 8.40. The first-order chi connectivity index (χ1) is 12.0. The SMILES string of the molecule is COCC1(C(=O)O)CCCN1C(=O)CN1C(=O)CCc2ccccc21. The average molecular weight is 346 g/mol. The average Bonchev–Trinajstić information content (AvgIpc) is 3.03. The number of fused-ring (bicyclic) bond motifs is 1. The second kappa shape index (κ2) is 6.84. The molecule has 0 bridgehead atoms. The fourth-order valence-corrected chi connectivity index (χ4v) is 3.81. The lowest BCUT2D eigenvalue weighted by molar-refractivity contribution is -0.159. The topological polar surface area (TPSA) is 87.2 Å². The summed E-state index contributed by atoms with van der Waals surface area (Å²) in [5, 5.41) is 9.68. The highest BCUT2D eigenvalue weighted by atomic mass is 16.5. The van der Waals surface area contributed by atoms with Gasteiger partial charge in [0.05, 0.1) is 6.61 Å². The van der Waals surface area contributed by atoms with Crippen LogP contribution in [0.5, 0.6) is 0 Å². The van der Waals surface area contributed by atoms with Crippen LogP contribution in [0.2, 0.25) is 0 Å². The van der Waals surface area contributed by atoms with Crippen LogP contribution in [0.15, 0.2) is 24.3 Å². The number of likely N-dealkylation sites (tertiary alicyclic amines) is 1. The Balaban J connectivity index is 1.84. The maximum absolute atomic E-state index is 12.9. The number of carboxylic acids is 1. The largest absolute Gasteiger partial charge is 0.479 e. The molecule has 1 aromatic rings. The van der Waals surface area contributed by atoms with E-state index in [0.29, 0.717) is 32.2 Å². The smallest absolute Gasteiger partial charge is 0.332 e. The minimum atomic E-state index is -1.34. The van der Waals surface area contributed by atoms with Gasteiger partial charge >= 0.3 is 5.97 Å². The Hall–Kier alpha value is -2.41. The summed E-state index contributed by atoms with van der Waals surface area (Å²) >= 11 is 0. The molecule has 1 saturated heterocycles. The van der Waals surface area contributed by atoms with E-state index in [1.165, 1.54) is 16.9 Å². The molecule has 0 aliphatic carbocycles. The van der Waals surface area contributed by atoms with Crippen molar-refractivity contribution in [2.45, 2.75) is 31.2 Å². The molecule has 2 heterocycles. The van der Waals surface area contributed by atoms with Crippen LogP contribution >= 0.6 is 0 Å². The molecule has 1 unspecified atom stereocenters. The summed E-state index contributed by atoms with van der Waals surface area (Å²) in [6, 6.07) is 7.51. The number of carbonyl (C=O) groups is 3. The van der Waals surface area contributed by atoms with Crippen molar-refractivity contribution in [3.8, 4) is 0 Å². The lowest BCUT2D eigenvalue weighted by atomic mass is 9.97. The van der Waals surface area contributed by atoms with Crippen LogP contribution in [-0.2, 0) is 25.5 Å². The van der Waals surface area contributed by atoms with Crippen molar-refractivity contribution in [1.82, 2.24) is 4.90 Å². The third kappa shape index (κ3) is 3.00. The molecule has 2 amide bonds.